The number of carbonyl (C=O) groups is 1. The molecular formula is C29H26F3N5O2. The Morgan fingerprint density at radius 3 is 2.62 bits per heavy atom. The van der Waals surface area contributed by atoms with Crippen LogP contribution < -0.4 is 5.73 Å². The largest absolute Gasteiger partial charge is 0.416 e. The summed E-state index contributed by atoms with van der Waals surface area (Å²) in [5.74, 6) is 6.05. The molecule has 10 heteroatoms. The molecule has 0 bridgehead atoms. The number of aliphatic hydroxyl groups is 1. The number of hydrogen-bond donors (Lipinski definition) is 2. The van der Waals surface area contributed by atoms with E-state index < -0.39 is 17.5 Å². The van der Waals surface area contributed by atoms with Crippen LogP contribution in [0.25, 0.3) is 11.0 Å². The first kappa shape index (κ1) is 26.4. The highest BCUT2D eigenvalue weighted by Gasteiger charge is 2.31. The smallest absolute Gasteiger partial charge is 0.393 e. The number of aryl methyl sites for hydroxylation is 1. The summed E-state index contributed by atoms with van der Waals surface area (Å²) in [6.07, 6.45) is -0.629. The Hall–Kier alpha value is -4.23. The van der Waals surface area contributed by atoms with Crippen molar-refractivity contribution in [2.75, 3.05) is 5.73 Å². The molecule has 0 saturated heterocycles. The number of anilines is 1. The van der Waals surface area contributed by atoms with Crippen molar-refractivity contribution in [3.63, 3.8) is 0 Å². The Balaban J connectivity index is 1.44. The first-order chi connectivity index (χ1) is 18.6. The van der Waals surface area contributed by atoms with Crippen LogP contribution in [-0.2, 0) is 12.6 Å². The molecule has 0 amide bonds. The first-order valence-corrected chi connectivity index (χ1v) is 12.6. The van der Waals surface area contributed by atoms with Gasteiger partial charge < -0.3 is 10.8 Å². The fourth-order valence-corrected chi connectivity index (χ4v) is 4.84. The quantitative estimate of drug-likeness (QED) is 0.281. The van der Waals surface area contributed by atoms with Gasteiger partial charge in [0.15, 0.2) is 11.4 Å². The molecule has 0 radical (unpaired) electrons. The van der Waals surface area contributed by atoms with E-state index in [4.69, 9.17) is 10.8 Å². The zero-order chi connectivity index (χ0) is 27.7. The lowest BCUT2D eigenvalue weighted by Crippen LogP contribution is -2.22. The lowest BCUT2D eigenvalue weighted by Gasteiger charge is -2.25. The lowest BCUT2D eigenvalue weighted by atomic mass is 9.93. The molecule has 1 aliphatic rings. The van der Waals surface area contributed by atoms with Gasteiger partial charge >= 0.3 is 6.18 Å². The predicted octanol–water partition coefficient (Wildman–Crippen LogP) is 5.04. The van der Waals surface area contributed by atoms with Gasteiger partial charge in [-0.15, -0.1) is 0 Å². The Labute approximate surface area is 222 Å². The maximum Gasteiger partial charge on any atom is 0.416 e. The van der Waals surface area contributed by atoms with Crippen molar-refractivity contribution in [3.8, 4) is 11.8 Å². The molecule has 0 atom stereocenters. The summed E-state index contributed by atoms with van der Waals surface area (Å²) in [7, 11) is 0. The summed E-state index contributed by atoms with van der Waals surface area (Å²) in [6.45, 7) is 1.88. The number of ketones is 1. The van der Waals surface area contributed by atoms with E-state index in [-0.39, 0.29) is 29.9 Å². The second kappa shape index (κ2) is 10.5. The van der Waals surface area contributed by atoms with Crippen molar-refractivity contribution >= 4 is 22.6 Å². The fraction of sp³-hybridized carbons (Fsp3) is 0.310. The molecule has 200 valence electrons. The van der Waals surface area contributed by atoms with Gasteiger partial charge in [0.05, 0.1) is 23.1 Å². The molecule has 1 saturated carbocycles. The molecule has 1 aliphatic carbocycles. The van der Waals surface area contributed by atoms with Crippen LogP contribution in [0.3, 0.4) is 0 Å². The third kappa shape index (κ3) is 5.64. The molecular weight excluding hydrogens is 507 g/mol. The standard InChI is InChI=1S/C29H26F3N5O2/c1-17-5-6-18(14-25(39)20-3-2-4-21(15-20)29(30,31)32)13-19(17)7-12-24-26-27(33)34-16-35-28(26)37(36-24)22-8-10-23(38)11-9-22/h2-6,13,15-16,22-23,38H,8-11,14H2,1H3,(H2,33,34,35). The van der Waals surface area contributed by atoms with Crippen molar-refractivity contribution in [1.82, 2.24) is 19.7 Å². The number of nitrogen functional groups attached to an aromatic ring is 1. The summed E-state index contributed by atoms with van der Waals surface area (Å²) in [4.78, 5) is 21.3. The van der Waals surface area contributed by atoms with Crippen LogP contribution >= 0.6 is 0 Å². The Morgan fingerprint density at radius 2 is 1.87 bits per heavy atom. The number of Topliss-reactive ketones (excluding diaryl/α,β-unsaturated/α-hetero) is 1. The van der Waals surface area contributed by atoms with Gasteiger partial charge in [-0.3, -0.25) is 4.79 Å². The number of nitrogens with two attached hydrogens (primary N) is 1. The van der Waals surface area contributed by atoms with Crippen molar-refractivity contribution in [3.05, 3.63) is 82.3 Å². The second-order valence-corrected chi connectivity index (χ2v) is 9.79. The van der Waals surface area contributed by atoms with Gasteiger partial charge in [0.25, 0.3) is 0 Å². The highest BCUT2D eigenvalue weighted by atomic mass is 19.4. The summed E-state index contributed by atoms with van der Waals surface area (Å²) in [5, 5.41) is 15.2. The number of alkyl halides is 3. The van der Waals surface area contributed by atoms with Gasteiger partial charge in [-0.2, -0.15) is 18.3 Å². The Kier molecular flexibility index (Phi) is 7.10. The number of hydrogen-bond acceptors (Lipinski definition) is 6. The van der Waals surface area contributed by atoms with Crippen molar-refractivity contribution < 1.29 is 23.1 Å². The van der Waals surface area contributed by atoms with Gasteiger partial charge in [-0.05, 0) is 67.9 Å². The zero-order valence-electron chi connectivity index (χ0n) is 21.2. The molecule has 7 nitrogen and oxygen atoms in total. The maximum absolute atomic E-state index is 13.1. The van der Waals surface area contributed by atoms with E-state index in [2.05, 4.69) is 21.8 Å². The summed E-state index contributed by atoms with van der Waals surface area (Å²) >= 11 is 0. The second-order valence-electron chi connectivity index (χ2n) is 9.79. The van der Waals surface area contributed by atoms with Gasteiger partial charge in [-0.1, -0.05) is 30.2 Å². The highest BCUT2D eigenvalue weighted by Crippen LogP contribution is 2.32. The van der Waals surface area contributed by atoms with Crippen LogP contribution in [0.15, 0.2) is 48.8 Å². The van der Waals surface area contributed by atoms with Gasteiger partial charge in [0.1, 0.15) is 17.8 Å². The van der Waals surface area contributed by atoms with Crippen LogP contribution in [-0.4, -0.2) is 36.7 Å². The van der Waals surface area contributed by atoms with E-state index in [1.165, 1.54) is 18.5 Å². The minimum Gasteiger partial charge on any atom is -0.393 e. The normalized spacial score (nSPS) is 17.6. The van der Waals surface area contributed by atoms with E-state index in [9.17, 15) is 23.1 Å². The SMILES string of the molecule is Cc1ccc(CC(=O)c2cccc(C(F)(F)F)c2)cc1C#Cc1nn(C2CCC(O)CC2)c2ncnc(N)c12. The molecule has 2 aromatic carbocycles. The molecule has 3 N–H and O–H groups in total. The minimum atomic E-state index is -4.52. The number of rotatable bonds is 4. The van der Waals surface area contributed by atoms with E-state index in [1.54, 1.807) is 12.1 Å². The fourth-order valence-electron chi connectivity index (χ4n) is 4.84. The monoisotopic (exact) mass is 533 g/mol. The number of aliphatic hydroxyl groups excluding tert-OH is 1. The number of aromatic nitrogens is 4. The van der Waals surface area contributed by atoms with Crippen molar-refractivity contribution in [2.45, 2.75) is 57.3 Å². The predicted molar refractivity (Wildman–Crippen MR) is 140 cm³/mol. The molecule has 1 fully saturated rings. The zero-order valence-corrected chi connectivity index (χ0v) is 21.2. The molecule has 5 rings (SSSR count). The van der Waals surface area contributed by atoms with Gasteiger partial charge in [0, 0.05) is 17.5 Å². The number of fused-ring (bicyclic) bond motifs is 1. The highest BCUT2D eigenvalue weighted by molar-refractivity contribution is 5.97. The summed E-state index contributed by atoms with van der Waals surface area (Å²) < 4.78 is 41.0. The number of nitrogens with zero attached hydrogens (tertiary/aromatic N) is 4. The minimum absolute atomic E-state index is 0.000695. The van der Waals surface area contributed by atoms with Crippen molar-refractivity contribution in [2.24, 2.45) is 0 Å². The molecule has 4 aromatic rings. The molecule has 0 spiro atoms. The Bertz CT molecular complexity index is 1610. The third-order valence-electron chi connectivity index (χ3n) is 7.02. The summed E-state index contributed by atoms with van der Waals surface area (Å²) in [5.41, 5.74) is 8.49. The van der Waals surface area contributed by atoms with Crippen LogP contribution in [0.2, 0.25) is 0 Å². The first-order valence-electron chi connectivity index (χ1n) is 12.6. The molecule has 2 heterocycles. The summed E-state index contributed by atoms with van der Waals surface area (Å²) in [6, 6.07) is 9.83. The maximum atomic E-state index is 13.1. The molecule has 2 aromatic heterocycles. The molecule has 0 aliphatic heterocycles. The van der Waals surface area contributed by atoms with E-state index in [1.807, 2.05) is 17.7 Å². The van der Waals surface area contributed by atoms with Crippen LogP contribution in [0.1, 0.15) is 70.0 Å². The molecule has 0 unspecified atom stereocenters. The van der Waals surface area contributed by atoms with Gasteiger partial charge in [0.2, 0.25) is 0 Å². The van der Waals surface area contributed by atoms with Gasteiger partial charge in [-0.25, -0.2) is 14.6 Å². The number of carbonyl (C=O) groups excluding carboxylic acids is 1. The number of halogens is 3. The average molecular weight is 534 g/mol. The lowest BCUT2D eigenvalue weighted by molar-refractivity contribution is -0.137. The Morgan fingerprint density at radius 1 is 1.10 bits per heavy atom. The topological polar surface area (TPSA) is 107 Å². The van der Waals surface area contributed by atoms with Crippen molar-refractivity contribution in [1.29, 1.82) is 0 Å². The van der Waals surface area contributed by atoms with E-state index >= 15 is 0 Å². The van der Waals surface area contributed by atoms with Crippen LogP contribution in [0, 0.1) is 18.8 Å². The molecule has 39 heavy (non-hydrogen) atoms. The average Bonchev–Trinajstić information content (AvgIpc) is 3.29. The van der Waals surface area contributed by atoms with E-state index in [0.717, 1.165) is 30.5 Å². The van der Waals surface area contributed by atoms with E-state index in [0.29, 0.717) is 40.7 Å². The number of benzene rings is 2. The van der Waals surface area contributed by atoms with Crippen LogP contribution in [0.4, 0.5) is 19.0 Å². The van der Waals surface area contributed by atoms with Crippen LogP contribution in [0.5, 0.6) is 0 Å². The third-order valence-corrected chi connectivity index (χ3v) is 7.02.